The molecule has 2 amide bonds. The van der Waals surface area contributed by atoms with Gasteiger partial charge in [-0.25, -0.2) is 14.8 Å². The first kappa shape index (κ1) is 36.5. The lowest BCUT2D eigenvalue weighted by Gasteiger charge is -2.26. The zero-order chi connectivity index (χ0) is 33.8. The van der Waals surface area contributed by atoms with E-state index in [9.17, 15) is 9.59 Å². The van der Waals surface area contributed by atoms with Crippen LogP contribution in [-0.4, -0.2) is 95.6 Å². The molecule has 1 unspecified atom stereocenters. The van der Waals surface area contributed by atoms with Crippen LogP contribution in [0.3, 0.4) is 0 Å². The Morgan fingerprint density at radius 1 is 1.13 bits per heavy atom. The Bertz CT molecular complexity index is 1450. The standard InChI is InChI=1S/C35H51N5O6S/c1-25(27-13-10-12-26(22-27)23-45-19-11-15-39(5)34(43)46-35(2,3)4)38-32-31-29(36-24-37-32)28(14-8-6-7-9-18-41)30(47-31)33(42)40-16-20-44-21-17-40/h10,12-13,22,24-25,41H,6-9,11,14-21,23H2,1-5H3,(H,36,37,38). The number of thiophene rings is 1. The summed E-state index contributed by atoms with van der Waals surface area (Å²) in [5, 5.41) is 12.7. The minimum Gasteiger partial charge on any atom is -0.444 e. The number of unbranched alkanes of at least 4 members (excludes halogenated alkanes) is 3. The number of carbonyl (C=O) groups is 2. The quantitative estimate of drug-likeness (QED) is 0.171. The molecule has 1 aliphatic heterocycles. The van der Waals surface area contributed by atoms with Crippen molar-refractivity contribution in [3.05, 3.63) is 52.2 Å². The van der Waals surface area contributed by atoms with Crippen molar-refractivity contribution in [2.75, 3.05) is 58.4 Å². The van der Waals surface area contributed by atoms with Gasteiger partial charge in [0.2, 0.25) is 0 Å². The largest absolute Gasteiger partial charge is 0.444 e. The topological polar surface area (TPSA) is 126 Å². The van der Waals surface area contributed by atoms with Gasteiger partial charge in [0.15, 0.2) is 0 Å². The predicted molar refractivity (Wildman–Crippen MR) is 185 cm³/mol. The summed E-state index contributed by atoms with van der Waals surface area (Å²) in [6, 6.07) is 8.22. The summed E-state index contributed by atoms with van der Waals surface area (Å²) >= 11 is 1.47. The molecule has 1 aliphatic rings. The number of anilines is 1. The highest BCUT2D eigenvalue weighted by atomic mass is 32.1. The van der Waals surface area contributed by atoms with Crippen molar-refractivity contribution in [2.24, 2.45) is 0 Å². The van der Waals surface area contributed by atoms with Gasteiger partial charge in [-0.15, -0.1) is 11.3 Å². The molecule has 2 aromatic heterocycles. The van der Waals surface area contributed by atoms with Crippen LogP contribution >= 0.6 is 11.3 Å². The zero-order valence-corrected chi connectivity index (χ0v) is 29.4. The van der Waals surface area contributed by atoms with Crippen LogP contribution in [0, 0.1) is 0 Å². The van der Waals surface area contributed by atoms with E-state index in [1.807, 2.05) is 37.8 Å². The minimum atomic E-state index is -0.517. The van der Waals surface area contributed by atoms with Gasteiger partial charge >= 0.3 is 6.09 Å². The molecule has 3 aromatic rings. The summed E-state index contributed by atoms with van der Waals surface area (Å²) in [6.45, 7) is 11.7. The molecule has 12 heteroatoms. The van der Waals surface area contributed by atoms with Crippen LogP contribution in [-0.2, 0) is 27.2 Å². The maximum atomic E-state index is 13.7. The first-order chi connectivity index (χ1) is 22.6. The van der Waals surface area contributed by atoms with Crippen molar-refractivity contribution in [1.82, 2.24) is 19.8 Å². The molecule has 2 N–H and O–H groups in total. The van der Waals surface area contributed by atoms with Crippen molar-refractivity contribution < 1.29 is 28.9 Å². The highest BCUT2D eigenvalue weighted by Gasteiger charge is 2.27. The molecule has 1 fully saturated rings. The smallest absolute Gasteiger partial charge is 0.410 e. The SMILES string of the molecule is CC(Nc1ncnc2c(CCCCCCO)c(C(=O)N3CCOCC3)sc12)c1cccc(COCCCN(C)C(=O)OC(C)(C)C)c1. The van der Waals surface area contributed by atoms with Gasteiger partial charge in [0.1, 0.15) is 17.7 Å². The van der Waals surface area contributed by atoms with E-state index in [0.717, 1.165) is 63.9 Å². The van der Waals surface area contributed by atoms with Gasteiger partial charge in [0.05, 0.1) is 34.9 Å². The third kappa shape index (κ3) is 10.9. The van der Waals surface area contributed by atoms with E-state index in [1.54, 1.807) is 18.3 Å². The van der Waals surface area contributed by atoms with Gasteiger partial charge in [0, 0.05) is 51.5 Å². The number of hydrogen-bond donors (Lipinski definition) is 2. The van der Waals surface area contributed by atoms with E-state index in [4.69, 9.17) is 19.3 Å². The molecular formula is C35H51N5O6S. The van der Waals surface area contributed by atoms with Gasteiger partial charge < -0.3 is 34.4 Å². The minimum absolute atomic E-state index is 0.0323. The number of aliphatic hydroxyl groups excluding tert-OH is 1. The Hall–Kier alpha value is -3.32. The molecule has 0 saturated carbocycles. The first-order valence-electron chi connectivity index (χ1n) is 16.7. The number of fused-ring (bicyclic) bond motifs is 1. The van der Waals surface area contributed by atoms with E-state index >= 15 is 0 Å². The van der Waals surface area contributed by atoms with Gasteiger partial charge in [0.25, 0.3) is 5.91 Å². The Kier molecular flexibility index (Phi) is 13.8. The zero-order valence-electron chi connectivity index (χ0n) is 28.5. The van der Waals surface area contributed by atoms with E-state index in [0.29, 0.717) is 58.3 Å². The Balaban J connectivity index is 1.41. The first-order valence-corrected chi connectivity index (χ1v) is 17.5. The highest BCUT2D eigenvalue weighted by Crippen LogP contribution is 2.37. The van der Waals surface area contributed by atoms with E-state index < -0.39 is 5.60 Å². The summed E-state index contributed by atoms with van der Waals surface area (Å²) in [6.07, 6.45) is 6.36. The number of carbonyl (C=O) groups excluding carboxylic acids is 2. The molecule has 4 rings (SSSR count). The molecule has 1 atom stereocenters. The lowest BCUT2D eigenvalue weighted by Crippen LogP contribution is -2.40. The molecule has 1 aromatic carbocycles. The van der Waals surface area contributed by atoms with Crippen molar-refractivity contribution >= 4 is 39.4 Å². The number of hydrogen-bond acceptors (Lipinski definition) is 10. The lowest BCUT2D eigenvalue weighted by atomic mass is 10.0. The molecule has 0 aliphatic carbocycles. The Morgan fingerprint density at radius 2 is 1.89 bits per heavy atom. The van der Waals surface area contributed by atoms with Crippen LogP contribution in [0.2, 0.25) is 0 Å². The number of benzene rings is 1. The van der Waals surface area contributed by atoms with E-state index in [2.05, 4.69) is 34.3 Å². The molecule has 3 heterocycles. The van der Waals surface area contributed by atoms with Gasteiger partial charge in [-0.05, 0) is 64.5 Å². The molecule has 0 radical (unpaired) electrons. The van der Waals surface area contributed by atoms with Crippen molar-refractivity contribution in [1.29, 1.82) is 0 Å². The van der Waals surface area contributed by atoms with Gasteiger partial charge in [-0.1, -0.05) is 37.1 Å². The molecule has 47 heavy (non-hydrogen) atoms. The number of aliphatic hydroxyl groups is 1. The number of amides is 2. The Labute approximate surface area is 282 Å². The van der Waals surface area contributed by atoms with Crippen LogP contribution in [0.1, 0.15) is 92.2 Å². The lowest BCUT2D eigenvalue weighted by molar-refractivity contribution is 0.0275. The number of ether oxygens (including phenoxy) is 3. The third-order valence-corrected chi connectivity index (χ3v) is 9.17. The second-order valence-electron chi connectivity index (χ2n) is 13.0. The van der Waals surface area contributed by atoms with E-state index in [-0.39, 0.29) is 24.6 Å². The summed E-state index contributed by atoms with van der Waals surface area (Å²) in [5.41, 5.74) is 3.45. The molecule has 258 valence electrons. The summed E-state index contributed by atoms with van der Waals surface area (Å²) in [7, 11) is 1.73. The molecule has 0 spiro atoms. The normalized spacial score (nSPS) is 14.3. The van der Waals surface area contributed by atoms with E-state index in [1.165, 1.54) is 11.3 Å². The molecule has 11 nitrogen and oxygen atoms in total. The summed E-state index contributed by atoms with van der Waals surface area (Å²) in [5.74, 6) is 0.746. The average Bonchev–Trinajstić information content (AvgIpc) is 3.43. The van der Waals surface area contributed by atoms with Crippen LogP contribution < -0.4 is 5.32 Å². The third-order valence-electron chi connectivity index (χ3n) is 7.96. The molecular weight excluding hydrogens is 618 g/mol. The fourth-order valence-corrected chi connectivity index (χ4v) is 6.63. The number of aryl methyl sites for hydroxylation is 1. The maximum Gasteiger partial charge on any atom is 0.410 e. The predicted octanol–water partition coefficient (Wildman–Crippen LogP) is 6.21. The van der Waals surface area contributed by atoms with Crippen LogP contribution in [0.25, 0.3) is 10.2 Å². The van der Waals surface area contributed by atoms with Crippen LogP contribution in [0.15, 0.2) is 30.6 Å². The number of morpholine rings is 1. The van der Waals surface area contributed by atoms with Gasteiger partial charge in [-0.2, -0.15) is 0 Å². The maximum absolute atomic E-state index is 13.7. The van der Waals surface area contributed by atoms with Crippen LogP contribution in [0.5, 0.6) is 0 Å². The second kappa shape index (κ2) is 17.7. The monoisotopic (exact) mass is 669 g/mol. The second-order valence-corrected chi connectivity index (χ2v) is 14.0. The van der Waals surface area contributed by atoms with Crippen LogP contribution in [0.4, 0.5) is 10.6 Å². The molecule has 1 saturated heterocycles. The number of aromatic nitrogens is 2. The highest BCUT2D eigenvalue weighted by molar-refractivity contribution is 7.21. The summed E-state index contributed by atoms with van der Waals surface area (Å²) in [4.78, 5) is 39.3. The average molecular weight is 670 g/mol. The number of nitrogens with zero attached hydrogens (tertiary/aromatic N) is 4. The number of rotatable bonds is 16. The van der Waals surface area contributed by atoms with Crippen molar-refractivity contribution in [2.45, 2.75) is 84.5 Å². The fraction of sp³-hybridized carbons (Fsp3) is 0.600. The van der Waals surface area contributed by atoms with Crippen molar-refractivity contribution in [3.8, 4) is 0 Å². The number of nitrogens with one attached hydrogen (secondary N) is 1. The van der Waals surface area contributed by atoms with Crippen molar-refractivity contribution in [3.63, 3.8) is 0 Å². The fourth-order valence-electron chi connectivity index (χ4n) is 5.41. The summed E-state index contributed by atoms with van der Waals surface area (Å²) < 4.78 is 17.7. The molecule has 0 bridgehead atoms. The van der Waals surface area contributed by atoms with Gasteiger partial charge in [-0.3, -0.25) is 4.79 Å². The Morgan fingerprint density at radius 3 is 2.64 bits per heavy atom.